The molecule has 1 aliphatic rings. The van der Waals surface area contributed by atoms with Crippen LogP contribution in [0.25, 0.3) is 0 Å². The van der Waals surface area contributed by atoms with Crippen LogP contribution in [0.1, 0.15) is 12.8 Å². The van der Waals surface area contributed by atoms with Gasteiger partial charge in [0.25, 0.3) is 0 Å². The summed E-state index contributed by atoms with van der Waals surface area (Å²) in [5.74, 6) is 0. The zero-order valence-corrected chi connectivity index (χ0v) is 8.04. The molecule has 1 fully saturated rings. The Morgan fingerprint density at radius 1 is 1.42 bits per heavy atom. The minimum absolute atomic E-state index is 0.220. The monoisotopic (exact) mass is 246 g/mol. The van der Waals surface area contributed by atoms with Crippen LogP contribution in [0.4, 0.5) is 13.2 Å². The Kier molecular flexibility index (Phi) is 3.04. The third kappa shape index (κ3) is 2.62. The second-order valence-corrected chi connectivity index (χ2v) is 3.79. The highest BCUT2D eigenvalue weighted by Crippen LogP contribution is 2.40. The Hall–Kier alpha value is 0.230. The molecule has 0 saturated carbocycles. The molecule has 12 heavy (non-hydrogen) atoms. The van der Waals surface area contributed by atoms with Crippen LogP contribution in [0.3, 0.4) is 0 Å². The Balaban J connectivity index is 2.55. The van der Waals surface area contributed by atoms with Crippen molar-refractivity contribution in [1.29, 1.82) is 0 Å². The molecule has 1 rings (SSSR count). The summed E-state index contributed by atoms with van der Waals surface area (Å²) in [4.78, 5) is 0. The van der Waals surface area contributed by atoms with Crippen LogP contribution < -0.4 is 0 Å². The molecule has 1 atom stereocenters. The molecular formula is C7H10BrF3O. The van der Waals surface area contributed by atoms with Gasteiger partial charge in [-0.1, -0.05) is 15.9 Å². The fourth-order valence-electron chi connectivity index (χ4n) is 1.37. The highest BCUT2D eigenvalue weighted by Gasteiger charge is 2.44. The lowest BCUT2D eigenvalue weighted by atomic mass is 9.86. The lowest BCUT2D eigenvalue weighted by Crippen LogP contribution is -2.30. The van der Waals surface area contributed by atoms with Crippen molar-refractivity contribution in [3.63, 3.8) is 0 Å². The number of halogens is 4. The predicted octanol–water partition coefficient (Wildman–Crippen LogP) is 2.74. The van der Waals surface area contributed by atoms with E-state index in [1.54, 1.807) is 0 Å². The van der Waals surface area contributed by atoms with Crippen LogP contribution in [0.15, 0.2) is 0 Å². The van der Waals surface area contributed by atoms with E-state index in [2.05, 4.69) is 15.9 Å². The van der Waals surface area contributed by atoms with E-state index >= 15 is 0 Å². The Morgan fingerprint density at radius 3 is 2.42 bits per heavy atom. The third-order valence-electron chi connectivity index (χ3n) is 2.04. The molecule has 1 aliphatic heterocycles. The molecule has 1 heterocycles. The van der Waals surface area contributed by atoms with Crippen molar-refractivity contribution in [2.75, 3.05) is 18.5 Å². The van der Waals surface area contributed by atoms with Crippen molar-refractivity contribution in [3.8, 4) is 0 Å². The van der Waals surface area contributed by atoms with Crippen LogP contribution >= 0.6 is 15.9 Å². The SMILES string of the molecule is FC(F)(F)CC1(CBr)CCOC1. The van der Waals surface area contributed by atoms with Gasteiger partial charge in [-0.15, -0.1) is 0 Å². The zero-order chi connectivity index (χ0) is 9.24. The summed E-state index contributed by atoms with van der Waals surface area (Å²) in [5.41, 5.74) is -0.710. The lowest BCUT2D eigenvalue weighted by Gasteiger charge is -2.25. The standard InChI is InChI=1S/C7H10BrF3O/c8-4-6(1-2-12-5-6)3-7(9,10)11/h1-5H2. The van der Waals surface area contributed by atoms with Crippen molar-refractivity contribution in [3.05, 3.63) is 0 Å². The number of ether oxygens (including phenoxy) is 1. The zero-order valence-electron chi connectivity index (χ0n) is 6.46. The minimum Gasteiger partial charge on any atom is -0.381 e. The van der Waals surface area contributed by atoms with Crippen LogP contribution in [0.2, 0.25) is 0 Å². The van der Waals surface area contributed by atoms with Crippen molar-refractivity contribution < 1.29 is 17.9 Å². The Bertz CT molecular complexity index is 151. The first-order chi connectivity index (χ1) is 5.47. The molecule has 0 aromatic heterocycles. The summed E-state index contributed by atoms with van der Waals surface area (Å²) in [6, 6.07) is 0. The van der Waals surface area contributed by atoms with Crippen LogP contribution in [-0.2, 0) is 4.74 Å². The molecule has 1 saturated heterocycles. The van der Waals surface area contributed by atoms with Crippen LogP contribution in [-0.4, -0.2) is 24.7 Å². The molecule has 0 aliphatic carbocycles. The summed E-state index contributed by atoms with van der Waals surface area (Å²) in [6.45, 7) is 0.666. The van der Waals surface area contributed by atoms with Crippen LogP contribution in [0.5, 0.6) is 0 Å². The molecule has 0 radical (unpaired) electrons. The van der Waals surface area contributed by atoms with Crippen molar-refractivity contribution in [2.45, 2.75) is 19.0 Å². The first-order valence-corrected chi connectivity index (χ1v) is 4.80. The van der Waals surface area contributed by atoms with Gasteiger partial charge in [-0.2, -0.15) is 13.2 Å². The van der Waals surface area contributed by atoms with Gasteiger partial charge in [0.2, 0.25) is 0 Å². The minimum atomic E-state index is -4.08. The summed E-state index contributed by atoms with van der Waals surface area (Å²) in [7, 11) is 0. The summed E-state index contributed by atoms with van der Waals surface area (Å²) >= 11 is 3.11. The number of hydrogen-bond donors (Lipinski definition) is 0. The molecule has 0 aromatic rings. The van der Waals surface area contributed by atoms with E-state index in [0.717, 1.165) is 0 Å². The smallest absolute Gasteiger partial charge is 0.381 e. The van der Waals surface area contributed by atoms with Gasteiger partial charge in [-0.05, 0) is 6.42 Å². The van der Waals surface area contributed by atoms with E-state index in [9.17, 15) is 13.2 Å². The quantitative estimate of drug-likeness (QED) is 0.681. The fraction of sp³-hybridized carbons (Fsp3) is 1.00. The molecule has 0 N–H and O–H groups in total. The second-order valence-electron chi connectivity index (χ2n) is 3.23. The maximum atomic E-state index is 12.1. The fourth-order valence-corrected chi connectivity index (χ4v) is 2.01. The molecular weight excluding hydrogens is 237 g/mol. The van der Waals surface area contributed by atoms with Gasteiger partial charge in [0.05, 0.1) is 13.0 Å². The van der Waals surface area contributed by atoms with Gasteiger partial charge in [0, 0.05) is 17.4 Å². The Morgan fingerprint density at radius 2 is 2.08 bits per heavy atom. The van der Waals surface area contributed by atoms with E-state index in [1.165, 1.54) is 0 Å². The summed E-state index contributed by atoms with van der Waals surface area (Å²) in [5, 5.41) is 0.361. The summed E-state index contributed by atoms with van der Waals surface area (Å²) < 4.78 is 41.2. The predicted molar refractivity (Wildman–Crippen MR) is 42.3 cm³/mol. The molecule has 0 aromatic carbocycles. The number of rotatable bonds is 2. The largest absolute Gasteiger partial charge is 0.389 e. The number of alkyl halides is 4. The first kappa shape index (κ1) is 10.3. The van der Waals surface area contributed by atoms with E-state index in [0.29, 0.717) is 18.4 Å². The molecule has 1 unspecified atom stereocenters. The average molecular weight is 247 g/mol. The topological polar surface area (TPSA) is 9.23 Å². The molecule has 0 amide bonds. The lowest BCUT2D eigenvalue weighted by molar-refractivity contribution is -0.155. The Labute approximate surface area is 77.4 Å². The van der Waals surface area contributed by atoms with E-state index in [1.807, 2.05) is 0 Å². The van der Waals surface area contributed by atoms with Crippen molar-refractivity contribution in [1.82, 2.24) is 0 Å². The number of hydrogen-bond acceptors (Lipinski definition) is 1. The van der Waals surface area contributed by atoms with Crippen molar-refractivity contribution in [2.24, 2.45) is 5.41 Å². The molecule has 1 nitrogen and oxygen atoms in total. The highest BCUT2D eigenvalue weighted by atomic mass is 79.9. The van der Waals surface area contributed by atoms with Crippen molar-refractivity contribution >= 4 is 15.9 Å². The second kappa shape index (κ2) is 3.54. The van der Waals surface area contributed by atoms with Gasteiger partial charge in [-0.25, -0.2) is 0 Å². The molecule has 72 valence electrons. The van der Waals surface area contributed by atoms with Gasteiger partial charge >= 0.3 is 6.18 Å². The molecule has 0 spiro atoms. The van der Waals surface area contributed by atoms with Gasteiger partial charge in [-0.3, -0.25) is 0 Å². The summed E-state index contributed by atoms with van der Waals surface area (Å²) in [6.07, 6.45) is -4.33. The molecule has 5 heteroatoms. The third-order valence-corrected chi connectivity index (χ3v) is 3.23. The van der Waals surface area contributed by atoms with Gasteiger partial charge < -0.3 is 4.74 Å². The normalized spacial score (nSPS) is 31.0. The van der Waals surface area contributed by atoms with E-state index in [4.69, 9.17) is 4.74 Å². The van der Waals surface area contributed by atoms with Gasteiger partial charge in [0.15, 0.2) is 0 Å². The first-order valence-electron chi connectivity index (χ1n) is 3.68. The van der Waals surface area contributed by atoms with E-state index in [-0.39, 0.29) is 6.61 Å². The van der Waals surface area contributed by atoms with Crippen LogP contribution in [0, 0.1) is 5.41 Å². The van der Waals surface area contributed by atoms with Gasteiger partial charge in [0.1, 0.15) is 0 Å². The average Bonchev–Trinajstić information content (AvgIpc) is 2.34. The maximum Gasteiger partial charge on any atom is 0.389 e. The highest BCUT2D eigenvalue weighted by molar-refractivity contribution is 9.09. The van der Waals surface area contributed by atoms with E-state index < -0.39 is 18.0 Å². The molecule has 0 bridgehead atoms. The maximum absolute atomic E-state index is 12.1.